The highest BCUT2D eigenvalue weighted by Crippen LogP contribution is 2.46. The molecule has 2 aromatic carbocycles. The third kappa shape index (κ3) is 3.43. The molecule has 2 aromatic heterocycles. The van der Waals surface area contributed by atoms with Crippen LogP contribution < -0.4 is 21.3 Å². The second kappa shape index (κ2) is 8.23. The molecule has 3 heterocycles. The molecule has 8 heteroatoms. The Kier molecular flexibility index (Phi) is 5.04. The molecule has 0 spiro atoms. The summed E-state index contributed by atoms with van der Waals surface area (Å²) < 4.78 is 0. The zero-order valence-electron chi connectivity index (χ0n) is 18.3. The van der Waals surface area contributed by atoms with Crippen LogP contribution in [0.1, 0.15) is 28.9 Å². The van der Waals surface area contributed by atoms with Gasteiger partial charge in [0.1, 0.15) is 9.71 Å². The number of anilines is 3. The summed E-state index contributed by atoms with van der Waals surface area (Å²) in [4.78, 5) is 33.8. The van der Waals surface area contributed by atoms with Crippen molar-refractivity contribution in [3.05, 3.63) is 71.7 Å². The first-order valence-electron chi connectivity index (χ1n) is 11.3. The SMILES string of the molecule is NC1CCCC1NC(=O)c1sc2nccc3c2c1NC(=O)N3c1cccc(-c2ccccc2)c1. The summed E-state index contributed by atoms with van der Waals surface area (Å²) >= 11 is 1.29. The standard InChI is InChI=1S/C26H23N5O2S/c27-18-10-5-11-19(18)29-24(32)23-22-21-20(12-13-28-25(21)34-23)31(26(33)30-22)17-9-4-8-16(14-17)15-6-2-1-3-7-15/h1-4,6-9,12-14,18-19H,5,10-11,27H2,(H,29,32)(H,30,33). The lowest BCUT2D eigenvalue weighted by Crippen LogP contribution is -2.44. The first kappa shape index (κ1) is 20.8. The van der Waals surface area contributed by atoms with E-state index in [1.54, 1.807) is 11.1 Å². The van der Waals surface area contributed by atoms with Crippen LogP contribution in [0.4, 0.5) is 21.9 Å². The van der Waals surface area contributed by atoms with E-state index in [0.717, 1.165) is 41.5 Å². The molecule has 1 aliphatic heterocycles. The van der Waals surface area contributed by atoms with E-state index in [0.29, 0.717) is 21.1 Å². The third-order valence-corrected chi connectivity index (χ3v) is 7.65. The Morgan fingerprint density at radius 1 is 1.09 bits per heavy atom. The summed E-state index contributed by atoms with van der Waals surface area (Å²) in [7, 11) is 0. The first-order valence-corrected chi connectivity index (χ1v) is 12.2. The predicted octanol–water partition coefficient (Wildman–Crippen LogP) is 5.26. The van der Waals surface area contributed by atoms with Gasteiger partial charge in [-0.2, -0.15) is 0 Å². The van der Waals surface area contributed by atoms with Crippen LogP contribution in [0.3, 0.4) is 0 Å². The lowest BCUT2D eigenvalue weighted by Gasteiger charge is -2.28. The molecule has 170 valence electrons. The number of hydrogen-bond donors (Lipinski definition) is 3. The number of rotatable bonds is 4. The van der Waals surface area contributed by atoms with E-state index in [2.05, 4.69) is 15.6 Å². The number of amides is 3. The number of pyridine rings is 1. The molecule has 7 nitrogen and oxygen atoms in total. The topological polar surface area (TPSA) is 100 Å². The summed E-state index contributed by atoms with van der Waals surface area (Å²) in [6, 6.07) is 19.3. The molecular weight excluding hydrogens is 446 g/mol. The van der Waals surface area contributed by atoms with Crippen molar-refractivity contribution in [3.8, 4) is 11.1 Å². The van der Waals surface area contributed by atoms with Gasteiger partial charge in [0.05, 0.1) is 22.4 Å². The average molecular weight is 470 g/mol. The molecule has 0 bridgehead atoms. The van der Waals surface area contributed by atoms with Gasteiger partial charge in [-0.15, -0.1) is 11.3 Å². The monoisotopic (exact) mass is 469 g/mol. The Bertz CT molecular complexity index is 1420. The Morgan fingerprint density at radius 2 is 1.91 bits per heavy atom. The number of nitrogens with one attached hydrogen (secondary N) is 2. The number of aromatic nitrogens is 1. The number of urea groups is 1. The summed E-state index contributed by atoms with van der Waals surface area (Å²) in [5.74, 6) is -0.217. The van der Waals surface area contributed by atoms with Gasteiger partial charge in [0.25, 0.3) is 5.91 Å². The Labute approximate surface area is 200 Å². The maximum Gasteiger partial charge on any atom is 0.331 e. The average Bonchev–Trinajstić information content (AvgIpc) is 3.44. The maximum atomic E-state index is 13.4. The second-order valence-corrected chi connectivity index (χ2v) is 9.67. The van der Waals surface area contributed by atoms with Crippen LogP contribution in [0.2, 0.25) is 0 Å². The van der Waals surface area contributed by atoms with Gasteiger partial charge in [0, 0.05) is 18.3 Å². The molecule has 2 aliphatic rings. The molecule has 6 rings (SSSR count). The maximum absolute atomic E-state index is 13.4. The molecule has 2 atom stereocenters. The minimum atomic E-state index is -0.310. The number of carbonyl (C=O) groups is 2. The zero-order chi connectivity index (χ0) is 23.2. The zero-order valence-corrected chi connectivity index (χ0v) is 19.1. The van der Waals surface area contributed by atoms with Gasteiger partial charge in [0.15, 0.2) is 0 Å². The van der Waals surface area contributed by atoms with Crippen LogP contribution in [-0.4, -0.2) is 29.0 Å². The molecule has 4 aromatic rings. The highest BCUT2D eigenvalue weighted by molar-refractivity contribution is 7.21. The molecule has 2 unspecified atom stereocenters. The van der Waals surface area contributed by atoms with E-state index in [1.807, 2.05) is 60.7 Å². The summed E-state index contributed by atoms with van der Waals surface area (Å²) in [6.45, 7) is 0. The van der Waals surface area contributed by atoms with E-state index < -0.39 is 0 Å². The predicted molar refractivity (Wildman–Crippen MR) is 136 cm³/mol. The van der Waals surface area contributed by atoms with Crippen molar-refractivity contribution < 1.29 is 9.59 Å². The first-order chi connectivity index (χ1) is 16.6. The van der Waals surface area contributed by atoms with Crippen molar-refractivity contribution in [3.63, 3.8) is 0 Å². The van der Waals surface area contributed by atoms with Crippen LogP contribution >= 0.6 is 11.3 Å². The molecule has 0 radical (unpaired) electrons. The van der Waals surface area contributed by atoms with Gasteiger partial charge < -0.3 is 16.4 Å². The Balaban J connectivity index is 1.41. The molecule has 1 fully saturated rings. The van der Waals surface area contributed by atoms with Gasteiger partial charge in [-0.3, -0.25) is 9.69 Å². The number of thiophene rings is 1. The fraction of sp³-hybridized carbons (Fsp3) is 0.192. The van der Waals surface area contributed by atoms with Crippen LogP contribution in [0.5, 0.6) is 0 Å². The Morgan fingerprint density at radius 3 is 2.71 bits per heavy atom. The van der Waals surface area contributed by atoms with E-state index in [1.165, 1.54) is 11.3 Å². The minimum Gasteiger partial charge on any atom is -0.347 e. The van der Waals surface area contributed by atoms with Gasteiger partial charge in [-0.25, -0.2) is 9.78 Å². The van der Waals surface area contributed by atoms with Crippen molar-refractivity contribution in [2.45, 2.75) is 31.3 Å². The number of hydrogen-bond acceptors (Lipinski definition) is 5. The van der Waals surface area contributed by atoms with Crippen LogP contribution in [0, 0.1) is 0 Å². The quantitative estimate of drug-likeness (QED) is 0.380. The van der Waals surface area contributed by atoms with Crippen molar-refractivity contribution in [2.24, 2.45) is 5.73 Å². The molecule has 1 aliphatic carbocycles. The molecule has 1 saturated carbocycles. The van der Waals surface area contributed by atoms with Gasteiger partial charge in [-0.1, -0.05) is 42.5 Å². The number of carbonyl (C=O) groups excluding carboxylic acids is 2. The van der Waals surface area contributed by atoms with Crippen molar-refractivity contribution in [2.75, 3.05) is 10.2 Å². The summed E-state index contributed by atoms with van der Waals surface area (Å²) in [5.41, 5.74) is 10.2. The molecule has 0 saturated heterocycles. The van der Waals surface area contributed by atoms with Crippen molar-refractivity contribution >= 4 is 50.6 Å². The second-order valence-electron chi connectivity index (χ2n) is 8.67. The molecule has 4 N–H and O–H groups in total. The van der Waals surface area contributed by atoms with Gasteiger partial charge >= 0.3 is 6.03 Å². The highest BCUT2D eigenvalue weighted by Gasteiger charge is 2.34. The summed E-state index contributed by atoms with van der Waals surface area (Å²) in [6.07, 6.45) is 4.46. The Hall–Kier alpha value is -3.75. The number of nitrogens with two attached hydrogens (primary N) is 1. The minimum absolute atomic E-state index is 0.0367. The lowest BCUT2D eigenvalue weighted by atomic mass is 10.0. The molecular formula is C26H23N5O2S. The molecule has 3 amide bonds. The van der Waals surface area contributed by atoms with Crippen molar-refractivity contribution in [1.82, 2.24) is 10.3 Å². The van der Waals surface area contributed by atoms with E-state index in [9.17, 15) is 9.59 Å². The lowest BCUT2D eigenvalue weighted by molar-refractivity contribution is 0.0939. The smallest absolute Gasteiger partial charge is 0.331 e. The van der Waals surface area contributed by atoms with E-state index >= 15 is 0 Å². The number of benzene rings is 2. The van der Waals surface area contributed by atoms with Gasteiger partial charge in [-0.05, 0) is 48.6 Å². The fourth-order valence-electron chi connectivity index (χ4n) is 4.86. The normalized spacial score (nSPS) is 19.3. The fourth-order valence-corrected chi connectivity index (χ4v) is 5.88. The highest BCUT2D eigenvalue weighted by atomic mass is 32.1. The van der Waals surface area contributed by atoms with Crippen LogP contribution in [0.25, 0.3) is 21.3 Å². The number of nitrogens with zero attached hydrogens (tertiary/aromatic N) is 2. The van der Waals surface area contributed by atoms with E-state index in [4.69, 9.17) is 5.73 Å². The van der Waals surface area contributed by atoms with Gasteiger partial charge in [0.2, 0.25) is 0 Å². The van der Waals surface area contributed by atoms with E-state index in [-0.39, 0.29) is 24.0 Å². The van der Waals surface area contributed by atoms with Crippen LogP contribution in [0.15, 0.2) is 66.9 Å². The largest absolute Gasteiger partial charge is 0.347 e. The third-order valence-electron chi connectivity index (χ3n) is 6.55. The van der Waals surface area contributed by atoms with Crippen LogP contribution in [-0.2, 0) is 0 Å². The summed E-state index contributed by atoms with van der Waals surface area (Å²) in [5, 5.41) is 6.80. The van der Waals surface area contributed by atoms with Crippen molar-refractivity contribution in [1.29, 1.82) is 0 Å². The molecule has 34 heavy (non-hydrogen) atoms.